The van der Waals surface area contributed by atoms with E-state index in [1.54, 1.807) is 6.92 Å². The molecule has 2 atom stereocenters. The van der Waals surface area contributed by atoms with Crippen LogP contribution in [0.15, 0.2) is 0 Å². The van der Waals surface area contributed by atoms with Crippen molar-refractivity contribution in [2.75, 3.05) is 19.7 Å². The Labute approximate surface area is 102 Å². The Hall–Kier alpha value is -0.900. The number of nitrogens with zero attached hydrogens (tertiary/aromatic N) is 1. The summed E-state index contributed by atoms with van der Waals surface area (Å²) in [7, 11) is 0. The second-order valence-electron chi connectivity index (χ2n) is 5.11. The average Bonchev–Trinajstić information content (AvgIpc) is 2.88. The van der Waals surface area contributed by atoms with Gasteiger partial charge in [0.15, 0.2) is 0 Å². The van der Waals surface area contributed by atoms with Crippen molar-refractivity contribution in [1.82, 2.24) is 4.90 Å². The quantitative estimate of drug-likeness (QED) is 0.657. The van der Waals surface area contributed by atoms with E-state index in [9.17, 15) is 9.59 Å². The number of Topliss-reactive ketones (excluding diaryl/α,β-unsaturated/α-hetero) is 1. The molecule has 2 fully saturated rings. The van der Waals surface area contributed by atoms with Crippen molar-refractivity contribution in [3.63, 3.8) is 0 Å². The fourth-order valence-corrected chi connectivity index (χ4v) is 3.00. The lowest BCUT2D eigenvalue weighted by Gasteiger charge is -2.25. The number of ketones is 1. The lowest BCUT2D eigenvalue weighted by atomic mass is 10.1. The summed E-state index contributed by atoms with van der Waals surface area (Å²) in [4.78, 5) is 25.2. The van der Waals surface area contributed by atoms with Gasteiger partial charge < -0.3 is 4.74 Å². The van der Waals surface area contributed by atoms with Gasteiger partial charge in [0, 0.05) is 19.0 Å². The number of hydrogen-bond donors (Lipinski definition) is 0. The van der Waals surface area contributed by atoms with E-state index < -0.39 is 0 Å². The van der Waals surface area contributed by atoms with E-state index in [1.807, 2.05) is 0 Å². The minimum atomic E-state index is -0.260. The minimum Gasteiger partial charge on any atom is -0.466 e. The van der Waals surface area contributed by atoms with Crippen LogP contribution in [0.3, 0.4) is 0 Å². The monoisotopic (exact) mass is 239 g/mol. The Kier molecular flexibility index (Phi) is 4.15. The van der Waals surface area contributed by atoms with Crippen LogP contribution in [0.25, 0.3) is 0 Å². The van der Waals surface area contributed by atoms with Crippen LogP contribution in [-0.4, -0.2) is 42.4 Å². The molecule has 0 aromatic heterocycles. The zero-order valence-corrected chi connectivity index (χ0v) is 10.5. The lowest BCUT2D eigenvalue weighted by Crippen LogP contribution is -2.36. The third-order valence-corrected chi connectivity index (χ3v) is 3.82. The Morgan fingerprint density at radius 3 is 2.71 bits per heavy atom. The second-order valence-corrected chi connectivity index (χ2v) is 5.11. The van der Waals surface area contributed by atoms with Crippen molar-refractivity contribution in [2.45, 2.75) is 45.1 Å². The summed E-state index contributed by atoms with van der Waals surface area (Å²) in [5, 5.41) is 0. The largest absolute Gasteiger partial charge is 0.466 e. The van der Waals surface area contributed by atoms with E-state index >= 15 is 0 Å². The predicted molar refractivity (Wildman–Crippen MR) is 63.6 cm³/mol. The van der Waals surface area contributed by atoms with Gasteiger partial charge in [0.25, 0.3) is 0 Å². The van der Waals surface area contributed by atoms with Crippen molar-refractivity contribution < 1.29 is 14.3 Å². The molecule has 1 saturated carbocycles. The third-order valence-electron chi connectivity index (χ3n) is 3.82. The number of fused-ring (bicyclic) bond motifs is 2. The van der Waals surface area contributed by atoms with E-state index in [2.05, 4.69) is 4.90 Å². The maximum atomic E-state index is 11.7. The van der Waals surface area contributed by atoms with Gasteiger partial charge >= 0.3 is 5.97 Å². The van der Waals surface area contributed by atoms with Crippen LogP contribution in [-0.2, 0) is 14.3 Å². The Morgan fingerprint density at radius 1 is 1.29 bits per heavy atom. The third kappa shape index (κ3) is 3.28. The molecule has 0 spiro atoms. The molecule has 4 heteroatoms. The van der Waals surface area contributed by atoms with Crippen molar-refractivity contribution in [3.8, 4) is 0 Å². The van der Waals surface area contributed by atoms with Gasteiger partial charge in [-0.3, -0.25) is 14.5 Å². The first kappa shape index (κ1) is 12.6. The summed E-state index contributed by atoms with van der Waals surface area (Å²) < 4.78 is 4.81. The number of carbonyl (C=O) groups is 2. The van der Waals surface area contributed by atoms with Crippen molar-refractivity contribution in [3.05, 3.63) is 0 Å². The highest BCUT2D eigenvalue weighted by Gasteiger charge is 2.38. The number of carbonyl (C=O) groups excluding carboxylic acids is 2. The van der Waals surface area contributed by atoms with Gasteiger partial charge in [0.05, 0.1) is 19.6 Å². The van der Waals surface area contributed by atoms with Crippen molar-refractivity contribution in [1.29, 1.82) is 0 Å². The molecule has 1 aliphatic heterocycles. The number of esters is 1. The molecule has 4 nitrogen and oxygen atoms in total. The predicted octanol–water partition coefficient (Wildman–Crippen LogP) is 1.38. The summed E-state index contributed by atoms with van der Waals surface area (Å²) in [5.74, 6) is 0.729. The first-order valence-corrected chi connectivity index (χ1v) is 6.60. The topological polar surface area (TPSA) is 46.6 Å². The van der Waals surface area contributed by atoms with E-state index in [4.69, 9.17) is 4.74 Å². The summed E-state index contributed by atoms with van der Waals surface area (Å²) in [6.45, 7) is 3.78. The molecule has 2 aliphatic rings. The van der Waals surface area contributed by atoms with Gasteiger partial charge in [0.2, 0.25) is 0 Å². The fourth-order valence-electron chi connectivity index (χ4n) is 3.00. The molecule has 2 unspecified atom stereocenters. The molecular weight excluding hydrogens is 218 g/mol. The van der Waals surface area contributed by atoms with E-state index in [1.165, 1.54) is 19.3 Å². The lowest BCUT2D eigenvalue weighted by molar-refractivity contribution is -0.144. The molecule has 1 heterocycles. The van der Waals surface area contributed by atoms with Gasteiger partial charge in [-0.25, -0.2) is 0 Å². The molecule has 2 bridgehead atoms. The molecule has 1 aliphatic carbocycles. The molecule has 0 aromatic carbocycles. The first-order chi connectivity index (χ1) is 8.19. The van der Waals surface area contributed by atoms with Gasteiger partial charge in [-0.1, -0.05) is 0 Å². The molecule has 0 radical (unpaired) electrons. The fraction of sp³-hybridized carbons (Fsp3) is 0.846. The van der Waals surface area contributed by atoms with Crippen LogP contribution in [0.5, 0.6) is 0 Å². The maximum absolute atomic E-state index is 11.7. The number of hydrogen-bond acceptors (Lipinski definition) is 4. The number of rotatable bonds is 6. The molecule has 0 N–H and O–H groups in total. The van der Waals surface area contributed by atoms with Crippen molar-refractivity contribution >= 4 is 11.8 Å². The molecule has 96 valence electrons. The maximum Gasteiger partial charge on any atom is 0.306 e. The molecule has 0 aromatic rings. The van der Waals surface area contributed by atoms with Crippen LogP contribution in [0.2, 0.25) is 0 Å². The van der Waals surface area contributed by atoms with Crippen LogP contribution >= 0.6 is 0 Å². The van der Waals surface area contributed by atoms with E-state index in [0.717, 1.165) is 12.5 Å². The Morgan fingerprint density at radius 2 is 2.12 bits per heavy atom. The molecular formula is C13H21NO3. The number of ether oxygens (including phenoxy) is 1. The number of piperidine rings is 1. The molecule has 17 heavy (non-hydrogen) atoms. The van der Waals surface area contributed by atoms with Gasteiger partial charge in [-0.2, -0.15) is 0 Å². The zero-order valence-electron chi connectivity index (χ0n) is 10.5. The highest BCUT2D eigenvalue weighted by Crippen LogP contribution is 2.37. The summed E-state index contributed by atoms with van der Waals surface area (Å²) in [6.07, 6.45) is 4.40. The van der Waals surface area contributed by atoms with Crippen molar-refractivity contribution in [2.24, 2.45) is 5.92 Å². The normalized spacial score (nSPS) is 27.4. The van der Waals surface area contributed by atoms with Crippen LogP contribution in [0.4, 0.5) is 0 Å². The summed E-state index contributed by atoms with van der Waals surface area (Å²) in [5.41, 5.74) is 0. The smallest absolute Gasteiger partial charge is 0.306 e. The van der Waals surface area contributed by atoms with E-state index in [0.29, 0.717) is 25.6 Å². The summed E-state index contributed by atoms with van der Waals surface area (Å²) >= 11 is 0. The first-order valence-electron chi connectivity index (χ1n) is 6.60. The summed E-state index contributed by atoms with van der Waals surface area (Å²) in [6, 6.07) is 0.631. The van der Waals surface area contributed by atoms with Gasteiger partial charge in [-0.15, -0.1) is 0 Å². The highest BCUT2D eigenvalue weighted by molar-refractivity contribution is 5.84. The SMILES string of the molecule is CCOC(=O)CCC(=O)CN1CC2CCC1C2. The molecule has 0 amide bonds. The zero-order chi connectivity index (χ0) is 12.3. The minimum absolute atomic E-state index is 0.172. The van der Waals surface area contributed by atoms with E-state index in [-0.39, 0.29) is 18.2 Å². The average molecular weight is 239 g/mol. The standard InChI is InChI=1S/C13H21NO3/c1-2-17-13(16)6-5-12(15)9-14-8-10-3-4-11(14)7-10/h10-11H,2-9H2,1H3. The van der Waals surface area contributed by atoms with Gasteiger partial charge in [-0.05, 0) is 32.1 Å². The number of likely N-dealkylation sites (tertiary alicyclic amines) is 1. The molecule has 1 saturated heterocycles. The Bertz CT molecular complexity index is 303. The van der Waals surface area contributed by atoms with Crippen LogP contribution < -0.4 is 0 Å². The van der Waals surface area contributed by atoms with Crippen LogP contribution in [0, 0.1) is 5.92 Å². The van der Waals surface area contributed by atoms with Gasteiger partial charge in [0.1, 0.15) is 5.78 Å². The second kappa shape index (κ2) is 5.63. The highest BCUT2D eigenvalue weighted by atomic mass is 16.5. The molecule has 2 rings (SSSR count). The van der Waals surface area contributed by atoms with Crippen LogP contribution in [0.1, 0.15) is 39.0 Å². The Balaban J connectivity index is 1.66.